The maximum absolute atomic E-state index is 13.8. The molecule has 2 aromatic heterocycles. The van der Waals surface area contributed by atoms with E-state index in [-0.39, 0.29) is 11.4 Å². The summed E-state index contributed by atoms with van der Waals surface area (Å²) in [7, 11) is 1.57. The summed E-state index contributed by atoms with van der Waals surface area (Å²) in [5.74, 6) is 0.780. The maximum atomic E-state index is 13.8. The molecular formula is C24H16FN3O3. The molecule has 0 radical (unpaired) electrons. The van der Waals surface area contributed by atoms with Gasteiger partial charge in [0, 0.05) is 17.0 Å². The second-order valence-electron chi connectivity index (χ2n) is 6.87. The molecule has 0 aliphatic rings. The van der Waals surface area contributed by atoms with E-state index < -0.39 is 5.82 Å². The average molecular weight is 413 g/mol. The van der Waals surface area contributed by atoms with Gasteiger partial charge in [0.15, 0.2) is 0 Å². The summed E-state index contributed by atoms with van der Waals surface area (Å²) in [4.78, 5) is 17.6. The van der Waals surface area contributed by atoms with Crippen LogP contribution < -0.4 is 10.3 Å². The van der Waals surface area contributed by atoms with Gasteiger partial charge in [-0.15, -0.1) is 0 Å². The molecule has 5 rings (SSSR count). The maximum Gasteiger partial charge on any atom is 0.262 e. The van der Waals surface area contributed by atoms with Gasteiger partial charge in [-0.1, -0.05) is 41.6 Å². The lowest BCUT2D eigenvalue weighted by Gasteiger charge is -2.10. The van der Waals surface area contributed by atoms with E-state index in [4.69, 9.17) is 9.26 Å². The highest BCUT2D eigenvalue weighted by Gasteiger charge is 2.18. The van der Waals surface area contributed by atoms with E-state index in [1.54, 1.807) is 37.6 Å². The first-order chi connectivity index (χ1) is 15.2. The molecule has 0 aliphatic carbocycles. The fourth-order valence-corrected chi connectivity index (χ4v) is 3.55. The number of nitrogens with zero attached hydrogens (tertiary/aromatic N) is 3. The minimum Gasteiger partial charge on any atom is -0.496 e. The predicted molar refractivity (Wildman–Crippen MR) is 115 cm³/mol. The zero-order valence-electron chi connectivity index (χ0n) is 16.4. The van der Waals surface area contributed by atoms with E-state index in [0.29, 0.717) is 39.2 Å². The Labute approximate surface area is 176 Å². The lowest BCUT2D eigenvalue weighted by Crippen LogP contribution is -2.18. The number of para-hydroxylation sites is 1. The van der Waals surface area contributed by atoms with Crippen LogP contribution in [0.3, 0.4) is 0 Å². The molecule has 152 valence electrons. The molecule has 31 heavy (non-hydrogen) atoms. The quantitative estimate of drug-likeness (QED) is 0.421. The van der Waals surface area contributed by atoms with E-state index in [9.17, 15) is 9.18 Å². The van der Waals surface area contributed by atoms with Crippen LogP contribution >= 0.6 is 0 Å². The standard InChI is InChI=1S/C24H16FN3O3/c1-30-21-12-5-4-11-19(21)22-26-23(31-27-22)20-14-28(16-8-6-7-15(25)13-16)24(29)18-10-3-2-9-17(18)20/h2-14H,1H3. The normalized spacial score (nSPS) is 11.0. The lowest BCUT2D eigenvalue weighted by molar-refractivity contribution is 0.413. The van der Waals surface area contributed by atoms with Crippen LogP contribution in [-0.2, 0) is 0 Å². The Bertz CT molecular complexity index is 1470. The molecule has 0 spiro atoms. The van der Waals surface area contributed by atoms with Gasteiger partial charge in [-0.05, 0) is 36.4 Å². The van der Waals surface area contributed by atoms with Crippen LogP contribution in [0.15, 0.2) is 88.3 Å². The van der Waals surface area contributed by atoms with Crippen molar-refractivity contribution < 1.29 is 13.7 Å². The Morgan fingerprint density at radius 1 is 0.935 bits per heavy atom. The number of fused-ring (bicyclic) bond motifs is 1. The number of hydrogen-bond acceptors (Lipinski definition) is 5. The average Bonchev–Trinajstić information content (AvgIpc) is 3.29. The number of halogens is 1. The Morgan fingerprint density at radius 3 is 2.52 bits per heavy atom. The van der Waals surface area contributed by atoms with Crippen molar-refractivity contribution >= 4 is 10.8 Å². The number of pyridine rings is 1. The van der Waals surface area contributed by atoms with Gasteiger partial charge in [0.2, 0.25) is 5.82 Å². The van der Waals surface area contributed by atoms with Gasteiger partial charge in [-0.2, -0.15) is 4.98 Å². The SMILES string of the molecule is COc1ccccc1-c1noc(-c2cn(-c3cccc(F)c3)c(=O)c3ccccc23)n1. The zero-order valence-corrected chi connectivity index (χ0v) is 16.4. The minimum atomic E-state index is -0.435. The summed E-state index contributed by atoms with van der Waals surface area (Å²) in [5.41, 5.74) is 1.38. The fourth-order valence-electron chi connectivity index (χ4n) is 3.55. The van der Waals surface area contributed by atoms with E-state index in [0.717, 1.165) is 0 Å². The second-order valence-corrected chi connectivity index (χ2v) is 6.87. The minimum absolute atomic E-state index is 0.238. The van der Waals surface area contributed by atoms with Gasteiger partial charge >= 0.3 is 0 Å². The number of ether oxygens (including phenoxy) is 1. The van der Waals surface area contributed by atoms with Gasteiger partial charge in [0.05, 0.1) is 23.9 Å². The van der Waals surface area contributed by atoms with Crippen molar-refractivity contribution in [1.82, 2.24) is 14.7 Å². The molecule has 0 bridgehead atoms. The second kappa shape index (κ2) is 7.53. The van der Waals surface area contributed by atoms with Crippen LogP contribution in [0.2, 0.25) is 0 Å². The van der Waals surface area contributed by atoms with Crippen molar-refractivity contribution in [3.05, 3.63) is 95.2 Å². The van der Waals surface area contributed by atoms with E-state index >= 15 is 0 Å². The third-order valence-corrected chi connectivity index (χ3v) is 5.02. The molecule has 6 nitrogen and oxygen atoms in total. The largest absolute Gasteiger partial charge is 0.496 e. The lowest BCUT2D eigenvalue weighted by atomic mass is 10.1. The van der Waals surface area contributed by atoms with Gasteiger partial charge in [0.25, 0.3) is 11.4 Å². The molecular weight excluding hydrogens is 397 g/mol. The van der Waals surface area contributed by atoms with Crippen LogP contribution in [0.1, 0.15) is 0 Å². The highest BCUT2D eigenvalue weighted by Crippen LogP contribution is 2.31. The molecule has 0 atom stereocenters. The van der Waals surface area contributed by atoms with E-state index in [2.05, 4.69) is 10.1 Å². The molecule has 0 fully saturated rings. The smallest absolute Gasteiger partial charge is 0.262 e. The molecule has 3 aromatic carbocycles. The third kappa shape index (κ3) is 3.26. The number of benzene rings is 3. The number of methoxy groups -OCH3 is 1. The topological polar surface area (TPSA) is 70.2 Å². The van der Waals surface area contributed by atoms with Crippen molar-refractivity contribution in [1.29, 1.82) is 0 Å². The molecule has 0 aliphatic heterocycles. The van der Waals surface area contributed by atoms with Gasteiger partial charge < -0.3 is 9.26 Å². The summed E-state index contributed by atoms with van der Waals surface area (Å²) in [6, 6.07) is 20.3. The molecule has 5 aromatic rings. The number of hydrogen-bond donors (Lipinski definition) is 0. The van der Waals surface area contributed by atoms with Crippen LogP contribution in [0.25, 0.3) is 39.3 Å². The van der Waals surface area contributed by atoms with Gasteiger partial charge in [0.1, 0.15) is 11.6 Å². The molecule has 7 heteroatoms. The van der Waals surface area contributed by atoms with Gasteiger partial charge in [-0.25, -0.2) is 4.39 Å². The predicted octanol–water partition coefficient (Wildman–Crippen LogP) is 4.86. The van der Waals surface area contributed by atoms with Crippen molar-refractivity contribution in [2.24, 2.45) is 0 Å². The molecule has 0 saturated heterocycles. The zero-order chi connectivity index (χ0) is 21.4. The van der Waals surface area contributed by atoms with E-state index in [1.165, 1.54) is 16.7 Å². The Hall–Kier alpha value is -4.26. The van der Waals surface area contributed by atoms with Crippen LogP contribution in [0.4, 0.5) is 4.39 Å². The summed E-state index contributed by atoms with van der Waals surface area (Å²) >= 11 is 0. The van der Waals surface area contributed by atoms with Crippen molar-refractivity contribution in [3.8, 4) is 34.3 Å². The monoisotopic (exact) mass is 413 g/mol. The molecule has 2 heterocycles. The first-order valence-electron chi connectivity index (χ1n) is 9.53. The van der Waals surface area contributed by atoms with Crippen molar-refractivity contribution in [2.75, 3.05) is 7.11 Å². The Balaban J connectivity index is 1.73. The number of aromatic nitrogens is 3. The molecule has 0 unspecified atom stereocenters. The highest BCUT2D eigenvalue weighted by atomic mass is 19.1. The Kier molecular flexibility index (Phi) is 4.55. The summed E-state index contributed by atoms with van der Waals surface area (Å²) in [6.45, 7) is 0. The van der Waals surface area contributed by atoms with Crippen LogP contribution in [-0.4, -0.2) is 21.8 Å². The number of rotatable bonds is 4. The molecule has 0 saturated carbocycles. The van der Waals surface area contributed by atoms with Crippen LogP contribution in [0, 0.1) is 5.82 Å². The highest BCUT2D eigenvalue weighted by molar-refractivity contribution is 5.94. The van der Waals surface area contributed by atoms with E-state index in [1.807, 2.05) is 36.4 Å². The summed E-state index contributed by atoms with van der Waals surface area (Å²) in [5, 5.41) is 5.23. The fraction of sp³-hybridized carbons (Fsp3) is 0.0417. The first kappa shape index (κ1) is 18.7. The van der Waals surface area contributed by atoms with Gasteiger partial charge in [-0.3, -0.25) is 9.36 Å². The summed E-state index contributed by atoms with van der Waals surface area (Å²) in [6.07, 6.45) is 1.60. The van der Waals surface area contributed by atoms with Crippen molar-refractivity contribution in [3.63, 3.8) is 0 Å². The van der Waals surface area contributed by atoms with Crippen LogP contribution in [0.5, 0.6) is 5.75 Å². The molecule has 0 amide bonds. The van der Waals surface area contributed by atoms with Crippen molar-refractivity contribution in [2.45, 2.75) is 0 Å². The third-order valence-electron chi connectivity index (χ3n) is 5.02. The first-order valence-corrected chi connectivity index (χ1v) is 9.53. The summed E-state index contributed by atoms with van der Waals surface area (Å²) < 4.78 is 26.1. The molecule has 0 N–H and O–H groups in total. The Morgan fingerprint density at radius 2 is 1.71 bits per heavy atom.